The molecule has 0 aromatic heterocycles. The first-order chi connectivity index (χ1) is 11.7. The topological polar surface area (TPSA) is 62.2 Å². The summed E-state index contributed by atoms with van der Waals surface area (Å²) in [4.78, 5) is 12.1. The molecule has 132 valence electrons. The highest BCUT2D eigenvalue weighted by Gasteiger charge is 2.19. The zero-order valence-corrected chi connectivity index (χ0v) is 14.9. The van der Waals surface area contributed by atoms with Crippen LogP contribution in [0.2, 0.25) is 0 Å². The van der Waals surface area contributed by atoms with Crippen LogP contribution in [0.15, 0.2) is 42.5 Å². The zero-order chi connectivity index (χ0) is 18.6. The molecule has 2 N–H and O–H groups in total. The minimum absolute atomic E-state index is 0.140. The Kier molecular flexibility index (Phi) is 5.57. The van der Waals surface area contributed by atoms with E-state index in [-0.39, 0.29) is 5.71 Å². The predicted octanol–water partition coefficient (Wildman–Crippen LogP) is 5.15. The molecule has 4 nitrogen and oxygen atoms in total. The third kappa shape index (κ3) is 5.14. The van der Waals surface area contributed by atoms with Crippen molar-refractivity contribution in [3.63, 3.8) is 0 Å². The lowest BCUT2D eigenvalue weighted by atomic mass is 9.98. The van der Waals surface area contributed by atoms with E-state index in [2.05, 4.69) is 5.32 Å². The zero-order valence-electron chi connectivity index (χ0n) is 14.9. The van der Waals surface area contributed by atoms with Gasteiger partial charge in [0.25, 0.3) is 0 Å². The fourth-order valence-corrected chi connectivity index (χ4v) is 2.34. The van der Waals surface area contributed by atoms with Gasteiger partial charge in [-0.2, -0.15) is 0 Å². The van der Waals surface area contributed by atoms with Crippen LogP contribution in [0.3, 0.4) is 0 Å². The van der Waals surface area contributed by atoms with Crippen molar-refractivity contribution < 1.29 is 13.9 Å². The van der Waals surface area contributed by atoms with E-state index < -0.39 is 17.5 Å². The summed E-state index contributed by atoms with van der Waals surface area (Å²) in [6.07, 6.45) is 0.195. The normalized spacial score (nSPS) is 11.1. The average Bonchev–Trinajstić information content (AvgIpc) is 2.52. The number of amides is 1. The van der Waals surface area contributed by atoms with Gasteiger partial charge >= 0.3 is 6.09 Å². The minimum atomic E-state index is -0.621. The van der Waals surface area contributed by atoms with Crippen LogP contribution in [0.5, 0.6) is 0 Å². The Morgan fingerprint density at radius 3 is 2.52 bits per heavy atom. The molecule has 1 amide bonds. The smallest absolute Gasteiger partial charge is 0.412 e. The molecule has 0 aliphatic rings. The average molecular weight is 342 g/mol. The van der Waals surface area contributed by atoms with E-state index in [4.69, 9.17) is 10.1 Å². The number of anilines is 1. The third-order valence-corrected chi connectivity index (χ3v) is 3.51. The Balaban J connectivity index is 2.38. The fraction of sp³-hybridized carbons (Fsp3) is 0.300. The van der Waals surface area contributed by atoms with Gasteiger partial charge in [-0.15, -0.1) is 0 Å². The monoisotopic (exact) mass is 342 g/mol. The molecule has 2 aromatic carbocycles. The number of carbonyl (C=O) groups excluding carboxylic acids is 1. The summed E-state index contributed by atoms with van der Waals surface area (Å²) < 4.78 is 18.8. The number of aryl methyl sites for hydroxylation is 1. The minimum Gasteiger partial charge on any atom is -0.444 e. The molecule has 0 saturated carbocycles. The molecule has 0 saturated heterocycles. The van der Waals surface area contributed by atoms with Crippen LogP contribution in [-0.2, 0) is 11.2 Å². The van der Waals surface area contributed by atoms with E-state index in [1.807, 2.05) is 19.1 Å². The van der Waals surface area contributed by atoms with E-state index in [0.29, 0.717) is 16.8 Å². The summed E-state index contributed by atoms with van der Waals surface area (Å²) in [7, 11) is 0. The maximum absolute atomic E-state index is 13.5. The number of ether oxygens (including phenoxy) is 1. The van der Waals surface area contributed by atoms with Crippen molar-refractivity contribution in [2.45, 2.75) is 39.7 Å². The van der Waals surface area contributed by atoms with Crippen LogP contribution in [0.25, 0.3) is 0 Å². The Labute approximate surface area is 147 Å². The number of benzene rings is 2. The van der Waals surface area contributed by atoms with Crippen LogP contribution < -0.4 is 5.32 Å². The number of rotatable bonds is 4. The molecular formula is C20H23FN2O2. The SMILES string of the molecule is CCc1ccc(NC(=O)OC(C)(C)C)c(C(=N)c2cccc(F)c2)c1. The lowest BCUT2D eigenvalue weighted by molar-refractivity contribution is 0.0636. The standard InChI is InChI=1S/C20H23FN2O2/c1-5-13-9-10-17(23-19(24)25-20(2,3)4)16(11-13)18(22)14-7-6-8-15(21)12-14/h6-12,22H,5H2,1-4H3,(H,23,24). The Morgan fingerprint density at radius 1 is 1.20 bits per heavy atom. The summed E-state index contributed by atoms with van der Waals surface area (Å²) in [6.45, 7) is 7.35. The second-order valence-corrected chi connectivity index (χ2v) is 6.75. The molecule has 0 unspecified atom stereocenters. The van der Waals surface area contributed by atoms with Gasteiger partial charge in [-0.25, -0.2) is 9.18 Å². The van der Waals surface area contributed by atoms with Crippen LogP contribution in [0, 0.1) is 11.2 Å². The Hall–Kier alpha value is -2.69. The van der Waals surface area contributed by atoms with Gasteiger partial charge in [0.05, 0.1) is 11.4 Å². The first kappa shape index (κ1) is 18.6. The second-order valence-electron chi connectivity index (χ2n) is 6.75. The van der Waals surface area contributed by atoms with Crippen LogP contribution in [0.1, 0.15) is 44.4 Å². The van der Waals surface area contributed by atoms with Crippen molar-refractivity contribution >= 4 is 17.5 Å². The number of hydrogen-bond donors (Lipinski definition) is 2. The summed E-state index contributed by atoms with van der Waals surface area (Å²) >= 11 is 0. The highest BCUT2D eigenvalue weighted by Crippen LogP contribution is 2.23. The molecule has 0 aliphatic heterocycles. The van der Waals surface area contributed by atoms with Gasteiger partial charge in [0.15, 0.2) is 0 Å². The number of carbonyl (C=O) groups is 1. The van der Waals surface area contributed by atoms with Crippen molar-refractivity contribution in [2.24, 2.45) is 0 Å². The molecule has 0 fully saturated rings. The fourth-order valence-electron chi connectivity index (χ4n) is 2.34. The number of halogens is 1. The second kappa shape index (κ2) is 7.47. The quantitative estimate of drug-likeness (QED) is 0.755. The van der Waals surface area contributed by atoms with Crippen LogP contribution >= 0.6 is 0 Å². The summed E-state index contributed by atoms with van der Waals surface area (Å²) in [5.74, 6) is -0.407. The largest absolute Gasteiger partial charge is 0.444 e. The highest BCUT2D eigenvalue weighted by atomic mass is 19.1. The van der Waals surface area contributed by atoms with E-state index in [1.165, 1.54) is 12.1 Å². The van der Waals surface area contributed by atoms with Crippen molar-refractivity contribution in [2.75, 3.05) is 5.32 Å². The molecule has 0 aliphatic carbocycles. The summed E-state index contributed by atoms with van der Waals surface area (Å²) in [5.41, 5.74) is 1.97. The third-order valence-electron chi connectivity index (χ3n) is 3.51. The summed E-state index contributed by atoms with van der Waals surface area (Å²) in [5, 5.41) is 11.1. The Bertz CT molecular complexity index is 795. The predicted molar refractivity (Wildman–Crippen MR) is 98.0 cm³/mol. The van der Waals surface area contributed by atoms with Crippen LogP contribution in [-0.4, -0.2) is 17.4 Å². The van der Waals surface area contributed by atoms with Crippen molar-refractivity contribution in [3.05, 3.63) is 65.0 Å². The molecular weight excluding hydrogens is 319 g/mol. The molecule has 2 rings (SSSR count). The number of hydrogen-bond acceptors (Lipinski definition) is 3. The number of nitrogens with one attached hydrogen (secondary N) is 2. The lowest BCUT2D eigenvalue weighted by Gasteiger charge is -2.21. The van der Waals surface area contributed by atoms with Gasteiger partial charge in [0.2, 0.25) is 0 Å². The molecule has 0 bridgehead atoms. The van der Waals surface area contributed by atoms with Crippen molar-refractivity contribution in [3.8, 4) is 0 Å². The van der Waals surface area contributed by atoms with E-state index in [1.54, 1.807) is 39.0 Å². The van der Waals surface area contributed by atoms with E-state index >= 15 is 0 Å². The maximum Gasteiger partial charge on any atom is 0.412 e. The van der Waals surface area contributed by atoms with Gasteiger partial charge < -0.3 is 4.74 Å². The van der Waals surface area contributed by atoms with Crippen LogP contribution in [0.4, 0.5) is 14.9 Å². The van der Waals surface area contributed by atoms with Gasteiger partial charge in [0, 0.05) is 11.1 Å². The molecule has 0 heterocycles. The molecule has 0 radical (unpaired) electrons. The van der Waals surface area contributed by atoms with Gasteiger partial charge in [-0.05, 0) is 57.0 Å². The van der Waals surface area contributed by atoms with Crippen molar-refractivity contribution in [1.82, 2.24) is 0 Å². The first-order valence-electron chi connectivity index (χ1n) is 8.17. The van der Waals surface area contributed by atoms with Gasteiger partial charge in [-0.1, -0.05) is 25.1 Å². The van der Waals surface area contributed by atoms with E-state index in [9.17, 15) is 9.18 Å². The highest BCUT2D eigenvalue weighted by molar-refractivity contribution is 6.15. The maximum atomic E-state index is 13.5. The van der Waals surface area contributed by atoms with E-state index in [0.717, 1.165) is 12.0 Å². The Morgan fingerprint density at radius 2 is 1.92 bits per heavy atom. The molecule has 25 heavy (non-hydrogen) atoms. The molecule has 0 spiro atoms. The lowest BCUT2D eigenvalue weighted by Crippen LogP contribution is -2.27. The molecule has 0 atom stereocenters. The molecule has 2 aromatic rings. The van der Waals surface area contributed by atoms with Gasteiger partial charge in [0.1, 0.15) is 11.4 Å². The molecule has 5 heteroatoms. The first-order valence-corrected chi connectivity index (χ1v) is 8.17. The van der Waals surface area contributed by atoms with Crippen molar-refractivity contribution in [1.29, 1.82) is 5.41 Å². The summed E-state index contributed by atoms with van der Waals surface area (Å²) in [6, 6.07) is 11.3. The van der Waals surface area contributed by atoms with Gasteiger partial charge in [-0.3, -0.25) is 10.7 Å².